The molecule has 0 aliphatic carbocycles. The van der Waals surface area contributed by atoms with Crippen LogP contribution in [0.3, 0.4) is 0 Å². The van der Waals surface area contributed by atoms with Crippen molar-refractivity contribution in [2.75, 3.05) is 26.2 Å². The number of piperidine rings is 1. The Labute approximate surface area is 110 Å². The molecule has 0 saturated carbocycles. The van der Waals surface area contributed by atoms with Gasteiger partial charge in [-0.25, -0.2) is 0 Å². The Hall–Kier alpha value is -0.930. The molecule has 2 saturated heterocycles. The van der Waals surface area contributed by atoms with E-state index in [1.165, 1.54) is 51.1 Å². The standard InChI is InChI=1S/C15H23N3/c1-13-6-5-7-14(16-13)10-17-11-15(12-17)18-8-3-2-4-9-18/h5-7,15H,2-4,8-12H2,1H3. The first-order chi connectivity index (χ1) is 8.81. The quantitative estimate of drug-likeness (QED) is 0.812. The van der Waals surface area contributed by atoms with Gasteiger partial charge in [-0.15, -0.1) is 0 Å². The molecular weight excluding hydrogens is 222 g/mol. The monoisotopic (exact) mass is 245 g/mol. The van der Waals surface area contributed by atoms with E-state index >= 15 is 0 Å². The second-order valence-electron chi connectivity index (χ2n) is 5.71. The number of hydrogen-bond donors (Lipinski definition) is 0. The van der Waals surface area contributed by atoms with Gasteiger partial charge in [0.05, 0.1) is 5.69 Å². The van der Waals surface area contributed by atoms with Crippen LogP contribution in [0, 0.1) is 6.92 Å². The van der Waals surface area contributed by atoms with E-state index < -0.39 is 0 Å². The molecule has 0 radical (unpaired) electrons. The van der Waals surface area contributed by atoms with Gasteiger partial charge in [0.25, 0.3) is 0 Å². The van der Waals surface area contributed by atoms with Gasteiger partial charge in [0, 0.05) is 31.4 Å². The molecule has 1 aromatic heterocycles. The molecule has 0 unspecified atom stereocenters. The molecule has 3 rings (SSSR count). The Morgan fingerprint density at radius 1 is 1.17 bits per heavy atom. The van der Waals surface area contributed by atoms with E-state index in [0.717, 1.165) is 18.3 Å². The van der Waals surface area contributed by atoms with E-state index in [4.69, 9.17) is 0 Å². The Balaban J connectivity index is 1.47. The van der Waals surface area contributed by atoms with Crippen molar-refractivity contribution in [1.82, 2.24) is 14.8 Å². The fourth-order valence-corrected chi connectivity index (χ4v) is 3.10. The first-order valence-electron chi connectivity index (χ1n) is 7.20. The smallest absolute Gasteiger partial charge is 0.0547 e. The van der Waals surface area contributed by atoms with E-state index in [0.29, 0.717) is 0 Å². The summed E-state index contributed by atoms with van der Waals surface area (Å²) in [6.45, 7) is 8.19. The summed E-state index contributed by atoms with van der Waals surface area (Å²) in [5, 5.41) is 0. The Bertz CT molecular complexity index is 392. The molecule has 18 heavy (non-hydrogen) atoms. The summed E-state index contributed by atoms with van der Waals surface area (Å²) >= 11 is 0. The summed E-state index contributed by atoms with van der Waals surface area (Å²) < 4.78 is 0. The second kappa shape index (κ2) is 5.37. The fraction of sp³-hybridized carbons (Fsp3) is 0.667. The first kappa shape index (κ1) is 12.1. The van der Waals surface area contributed by atoms with Crippen LogP contribution < -0.4 is 0 Å². The number of nitrogens with zero attached hydrogens (tertiary/aromatic N) is 3. The van der Waals surface area contributed by atoms with E-state index in [1.807, 2.05) is 0 Å². The maximum atomic E-state index is 4.58. The molecule has 2 aliphatic heterocycles. The third-order valence-electron chi connectivity index (χ3n) is 4.18. The third-order valence-corrected chi connectivity index (χ3v) is 4.18. The molecule has 0 aromatic carbocycles. The van der Waals surface area contributed by atoms with Crippen LogP contribution in [0.2, 0.25) is 0 Å². The highest BCUT2D eigenvalue weighted by atomic mass is 15.3. The van der Waals surface area contributed by atoms with Crippen LogP contribution in [0.1, 0.15) is 30.7 Å². The van der Waals surface area contributed by atoms with Gasteiger partial charge < -0.3 is 0 Å². The van der Waals surface area contributed by atoms with Crippen LogP contribution in [0.15, 0.2) is 18.2 Å². The van der Waals surface area contributed by atoms with Crippen molar-refractivity contribution in [3.8, 4) is 0 Å². The van der Waals surface area contributed by atoms with Gasteiger partial charge in [0.15, 0.2) is 0 Å². The molecule has 0 spiro atoms. The molecule has 1 aromatic rings. The van der Waals surface area contributed by atoms with Crippen LogP contribution in [0.4, 0.5) is 0 Å². The van der Waals surface area contributed by atoms with Crippen molar-refractivity contribution in [3.63, 3.8) is 0 Å². The summed E-state index contributed by atoms with van der Waals surface area (Å²) in [5.41, 5.74) is 2.34. The minimum absolute atomic E-state index is 0.815. The molecule has 3 heterocycles. The second-order valence-corrected chi connectivity index (χ2v) is 5.71. The van der Waals surface area contributed by atoms with Crippen LogP contribution >= 0.6 is 0 Å². The van der Waals surface area contributed by atoms with Crippen LogP contribution in [-0.4, -0.2) is 47.0 Å². The number of likely N-dealkylation sites (tertiary alicyclic amines) is 2. The van der Waals surface area contributed by atoms with Crippen molar-refractivity contribution in [1.29, 1.82) is 0 Å². The van der Waals surface area contributed by atoms with Crippen molar-refractivity contribution in [2.24, 2.45) is 0 Å². The normalized spacial score (nSPS) is 22.9. The lowest BCUT2D eigenvalue weighted by Crippen LogP contribution is -2.59. The molecule has 3 nitrogen and oxygen atoms in total. The number of aryl methyl sites for hydroxylation is 1. The molecule has 2 aliphatic rings. The minimum atomic E-state index is 0.815. The summed E-state index contributed by atoms with van der Waals surface area (Å²) in [6.07, 6.45) is 4.23. The average molecular weight is 245 g/mol. The highest BCUT2D eigenvalue weighted by Gasteiger charge is 2.32. The van der Waals surface area contributed by atoms with Gasteiger partial charge >= 0.3 is 0 Å². The van der Waals surface area contributed by atoms with Crippen molar-refractivity contribution >= 4 is 0 Å². The van der Waals surface area contributed by atoms with Crippen molar-refractivity contribution in [2.45, 2.75) is 38.8 Å². The van der Waals surface area contributed by atoms with Gasteiger partial charge in [-0.1, -0.05) is 12.5 Å². The summed E-state index contributed by atoms with van der Waals surface area (Å²) in [5.74, 6) is 0. The van der Waals surface area contributed by atoms with Crippen molar-refractivity contribution < 1.29 is 0 Å². The molecule has 3 heteroatoms. The zero-order valence-corrected chi connectivity index (χ0v) is 11.3. The number of aromatic nitrogens is 1. The molecule has 0 N–H and O–H groups in total. The molecular formula is C15H23N3. The van der Waals surface area contributed by atoms with E-state index in [2.05, 4.69) is 39.9 Å². The zero-order chi connectivity index (χ0) is 12.4. The predicted octanol–water partition coefficient (Wildman–Crippen LogP) is 2.06. The van der Waals surface area contributed by atoms with E-state index in [-0.39, 0.29) is 0 Å². The molecule has 98 valence electrons. The fourth-order valence-electron chi connectivity index (χ4n) is 3.10. The third kappa shape index (κ3) is 2.73. The topological polar surface area (TPSA) is 19.4 Å². The maximum Gasteiger partial charge on any atom is 0.0547 e. The Morgan fingerprint density at radius 3 is 2.67 bits per heavy atom. The van der Waals surface area contributed by atoms with E-state index in [9.17, 15) is 0 Å². The average Bonchev–Trinajstić information content (AvgIpc) is 2.34. The van der Waals surface area contributed by atoms with Gasteiger partial charge in [-0.05, 0) is 45.0 Å². The SMILES string of the molecule is Cc1cccc(CN2CC(N3CCCCC3)C2)n1. The maximum absolute atomic E-state index is 4.58. The van der Waals surface area contributed by atoms with Gasteiger partial charge in [-0.3, -0.25) is 14.8 Å². The lowest BCUT2D eigenvalue weighted by atomic mass is 10.0. The number of rotatable bonds is 3. The molecule has 0 atom stereocenters. The van der Waals surface area contributed by atoms with Crippen LogP contribution in [0.25, 0.3) is 0 Å². The summed E-state index contributed by atoms with van der Waals surface area (Å²) in [4.78, 5) is 9.78. The predicted molar refractivity (Wildman–Crippen MR) is 73.5 cm³/mol. The van der Waals surface area contributed by atoms with Gasteiger partial charge in [0.2, 0.25) is 0 Å². The summed E-state index contributed by atoms with van der Waals surface area (Å²) in [7, 11) is 0. The largest absolute Gasteiger partial charge is 0.298 e. The minimum Gasteiger partial charge on any atom is -0.298 e. The highest BCUT2D eigenvalue weighted by Crippen LogP contribution is 2.21. The molecule has 0 bridgehead atoms. The molecule has 0 amide bonds. The first-order valence-corrected chi connectivity index (χ1v) is 7.20. The Kier molecular flexibility index (Phi) is 3.62. The number of hydrogen-bond acceptors (Lipinski definition) is 3. The van der Waals surface area contributed by atoms with Crippen LogP contribution in [0.5, 0.6) is 0 Å². The highest BCUT2D eigenvalue weighted by molar-refractivity contribution is 5.10. The van der Waals surface area contributed by atoms with Crippen molar-refractivity contribution in [3.05, 3.63) is 29.6 Å². The Morgan fingerprint density at radius 2 is 1.94 bits per heavy atom. The van der Waals surface area contributed by atoms with Gasteiger partial charge in [0.1, 0.15) is 0 Å². The number of pyridine rings is 1. The van der Waals surface area contributed by atoms with E-state index in [1.54, 1.807) is 0 Å². The lowest BCUT2D eigenvalue weighted by molar-refractivity contribution is 0.0179. The van der Waals surface area contributed by atoms with Crippen LogP contribution in [-0.2, 0) is 6.54 Å². The molecule has 2 fully saturated rings. The lowest BCUT2D eigenvalue weighted by Gasteiger charge is -2.46. The van der Waals surface area contributed by atoms with Gasteiger partial charge in [-0.2, -0.15) is 0 Å². The zero-order valence-electron chi connectivity index (χ0n) is 11.3. The summed E-state index contributed by atoms with van der Waals surface area (Å²) in [6, 6.07) is 7.13.